The van der Waals surface area contributed by atoms with E-state index < -0.39 is 4.45 Å². The van der Waals surface area contributed by atoms with Crippen molar-refractivity contribution in [2.75, 3.05) is 11.6 Å². The normalized spacial score (nSPS) is 23.1. The van der Waals surface area contributed by atoms with Crippen LogP contribution in [0.5, 0.6) is 0 Å². The number of anilines is 1. The fourth-order valence-electron chi connectivity index (χ4n) is 2.44. The van der Waals surface area contributed by atoms with E-state index in [0.717, 1.165) is 32.2 Å². The Kier molecular flexibility index (Phi) is 5.84. The van der Waals surface area contributed by atoms with Gasteiger partial charge in [0.25, 0.3) is 6.47 Å². The molecular formula is C14H19BrClN3O2. The second-order valence-corrected chi connectivity index (χ2v) is 6.87. The summed E-state index contributed by atoms with van der Waals surface area (Å²) in [6.45, 7) is 3.36. The van der Waals surface area contributed by atoms with E-state index in [4.69, 9.17) is 16.3 Å². The van der Waals surface area contributed by atoms with Gasteiger partial charge in [-0.3, -0.25) is 9.80 Å². The SMILES string of the molecule is CCCCC(OC=O)C1(Br)CCN(c2ncccc2Cl)N1. The Bertz CT molecular complexity index is 491. The van der Waals surface area contributed by atoms with Gasteiger partial charge in [-0.25, -0.2) is 10.4 Å². The van der Waals surface area contributed by atoms with Crippen LogP contribution in [0.1, 0.15) is 32.6 Å². The summed E-state index contributed by atoms with van der Waals surface area (Å²) in [5.41, 5.74) is 3.34. The van der Waals surface area contributed by atoms with Crippen LogP contribution < -0.4 is 10.4 Å². The molecule has 0 aromatic carbocycles. The molecule has 0 bridgehead atoms. The maximum Gasteiger partial charge on any atom is 0.293 e. The van der Waals surface area contributed by atoms with E-state index in [0.29, 0.717) is 17.3 Å². The van der Waals surface area contributed by atoms with E-state index >= 15 is 0 Å². The number of carbonyl (C=O) groups is 1. The van der Waals surface area contributed by atoms with Gasteiger partial charge in [0.1, 0.15) is 10.6 Å². The van der Waals surface area contributed by atoms with Crippen molar-refractivity contribution in [3.8, 4) is 0 Å². The fraction of sp³-hybridized carbons (Fsp3) is 0.571. The van der Waals surface area contributed by atoms with E-state index in [9.17, 15) is 4.79 Å². The number of nitrogens with zero attached hydrogens (tertiary/aromatic N) is 2. The van der Waals surface area contributed by atoms with Crippen molar-refractivity contribution in [3.63, 3.8) is 0 Å². The van der Waals surface area contributed by atoms with Gasteiger partial charge in [0.05, 0.1) is 5.02 Å². The molecular weight excluding hydrogens is 358 g/mol. The number of hydrazine groups is 1. The first kappa shape index (κ1) is 16.5. The number of unbranched alkanes of at least 4 members (excludes halogenated alkanes) is 1. The number of alkyl halides is 1. The van der Waals surface area contributed by atoms with Crippen LogP contribution >= 0.6 is 27.5 Å². The molecule has 1 N–H and O–H groups in total. The van der Waals surface area contributed by atoms with Gasteiger partial charge in [-0.15, -0.1) is 0 Å². The van der Waals surface area contributed by atoms with Gasteiger partial charge in [-0.05, 0) is 31.4 Å². The van der Waals surface area contributed by atoms with Gasteiger partial charge < -0.3 is 4.74 Å². The third-order valence-electron chi connectivity index (χ3n) is 3.56. The second kappa shape index (κ2) is 7.42. The molecule has 5 nitrogen and oxygen atoms in total. The minimum absolute atomic E-state index is 0.234. The van der Waals surface area contributed by atoms with Crippen LogP contribution in [0, 0.1) is 0 Å². The Morgan fingerprint density at radius 1 is 1.71 bits per heavy atom. The number of carbonyl (C=O) groups excluding carboxylic acids is 1. The monoisotopic (exact) mass is 375 g/mol. The molecule has 7 heteroatoms. The van der Waals surface area contributed by atoms with E-state index in [1.807, 2.05) is 5.01 Å². The number of aromatic nitrogens is 1. The molecule has 0 amide bonds. The molecule has 0 radical (unpaired) electrons. The highest BCUT2D eigenvalue weighted by atomic mass is 79.9. The third kappa shape index (κ3) is 3.87. The van der Waals surface area contributed by atoms with Gasteiger partial charge in [0.2, 0.25) is 0 Å². The molecule has 1 aliphatic rings. The Morgan fingerprint density at radius 2 is 2.52 bits per heavy atom. The number of ether oxygens (including phenoxy) is 1. The van der Waals surface area contributed by atoms with Crippen LogP contribution in [0.4, 0.5) is 5.82 Å². The van der Waals surface area contributed by atoms with Crippen LogP contribution in [-0.4, -0.2) is 28.6 Å². The molecule has 0 saturated carbocycles. The number of nitrogens with one attached hydrogen (secondary N) is 1. The average Bonchev–Trinajstić information content (AvgIpc) is 2.87. The number of hydrogen-bond donors (Lipinski definition) is 1. The van der Waals surface area contributed by atoms with Crippen LogP contribution in [0.2, 0.25) is 5.02 Å². The maximum atomic E-state index is 10.8. The van der Waals surface area contributed by atoms with Gasteiger partial charge in [-0.1, -0.05) is 40.9 Å². The lowest BCUT2D eigenvalue weighted by atomic mass is 10.0. The molecule has 21 heavy (non-hydrogen) atoms. The summed E-state index contributed by atoms with van der Waals surface area (Å²) in [6, 6.07) is 3.60. The Hall–Kier alpha value is -0.850. The first-order valence-corrected chi connectivity index (χ1v) is 8.21. The molecule has 1 fully saturated rings. The predicted octanol–water partition coefficient (Wildman–Crippen LogP) is 3.27. The van der Waals surface area contributed by atoms with Crippen LogP contribution in [0.25, 0.3) is 0 Å². The van der Waals surface area contributed by atoms with Crippen molar-refractivity contribution in [3.05, 3.63) is 23.4 Å². The number of rotatable bonds is 7. The zero-order valence-corrected chi connectivity index (χ0v) is 14.2. The fourth-order valence-corrected chi connectivity index (χ4v) is 3.39. The summed E-state index contributed by atoms with van der Waals surface area (Å²) >= 11 is 9.87. The molecule has 2 unspecified atom stereocenters. The first-order valence-electron chi connectivity index (χ1n) is 7.04. The minimum atomic E-state index is -0.482. The summed E-state index contributed by atoms with van der Waals surface area (Å²) in [7, 11) is 0. The lowest BCUT2D eigenvalue weighted by Crippen LogP contribution is -2.50. The highest BCUT2D eigenvalue weighted by Gasteiger charge is 2.44. The molecule has 2 heterocycles. The van der Waals surface area contributed by atoms with Gasteiger partial charge in [0.15, 0.2) is 5.82 Å². The minimum Gasteiger partial charge on any atom is -0.462 e. The topological polar surface area (TPSA) is 54.5 Å². The van der Waals surface area contributed by atoms with Crippen LogP contribution in [-0.2, 0) is 9.53 Å². The Labute approximate surface area is 138 Å². The van der Waals surface area contributed by atoms with Crippen molar-refractivity contribution < 1.29 is 9.53 Å². The van der Waals surface area contributed by atoms with Crippen molar-refractivity contribution in [2.24, 2.45) is 0 Å². The van der Waals surface area contributed by atoms with Gasteiger partial charge in [-0.2, -0.15) is 0 Å². The summed E-state index contributed by atoms with van der Waals surface area (Å²) in [5, 5.41) is 2.48. The van der Waals surface area contributed by atoms with Crippen LogP contribution in [0.15, 0.2) is 18.3 Å². The lowest BCUT2D eigenvalue weighted by Gasteiger charge is -2.32. The van der Waals surface area contributed by atoms with Crippen molar-refractivity contribution in [1.82, 2.24) is 10.4 Å². The summed E-state index contributed by atoms with van der Waals surface area (Å²) < 4.78 is 4.79. The number of hydrogen-bond acceptors (Lipinski definition) is 5. The summed E-state index contributed by atoms with van der Waals surface area (Å²) in [4.78, 5) is 15.1. The third-order valence-corrected chi connectivity index (χ3v) is 4.94. The molecule has 0 spiro atoms. The molecule has 116 valence electrons. The van der Waals surface area contributed by atoms with E-state index in [-0.39, 0.29) is 6.10 Å². The second-order valence-electron chi connectivity index (χ2n) is 5.05. The van der Waals surface area contributed by atoms with Gasteiger partial charge in [0, 0.05) is 12.7 Å². The summed E-state index contributed by atoms with van der Waals surface area (Å²) in [5.74, 6) is 0.681. The number of halogens is 2. The molecule has 1 saturated heterocycles. The van der Waals surface area contributed by atoms with Crippen molar-refractivity contribution in [2.45, 2.75) is 43.2 Å². The highest BCUT2D eigenvalue weighted by Crippen LogP contribution is 2.36. The van der Waals surface area contributed by atoms with Gasteiger partial charge >= 0.3 is 0 Å². The highest BCUT2D eigenvalue weighted by molar-refractivity contribution is 9.10. The zero-order chi connectivity index (χ0) is 15.3. The van der Waals surface area contributed by atoms with E-state index in [1.165, 1.54) is 0 Å². The van der Waals surface area contributed by atoms with E-state index in [1.54, 1.807) is 18.3 Å². The molecule has 1 aromatic rings. The standard InChI is InChI=1S/C14H19BrClN3O2/c1-2-3-6-12(21-10-20)14(15)7-9-19(18-14)13-11(16)5-4-8-17-13/h4-5,8,10,12,18H,2-3,6-7,9H2,1H3. The molecule has 2 rings (SSSR count). The van der Waals surface area contributed by atoms with Crippen LogP contribution in [0.3, 0.4) is 0 Å². The maximum absolute atomic E-state index is 10.8. The molecule has 1 aliphatic heterocycles. The zero-order valence-electron chi connectivity index (χ0n) is 11.9. The van der Waals surface area contributed by atoms with E-state index in [2.05, 4.69) is 33.3 Å². The van der Waals surface area contributed by atoms with Crippen molar-refractivity contribution >= 4 is 39.8 Å². The smallest absolute Gasteiger partial charge is 0.293 e. The Balaban J connectivity index is 2.10. The lowest BCUT2D eigenvalue weighted by molar-refractivity contribution is -0.135. The molecule has 1 aromatic heterocycles. The first-order chi connectivity index (χ1) is 10.1. The Morgan fingerprint density at radius 3 is 3.19 bits per heavy atom. The molecule has 2 atom stereocenters. The summed E-state index contributed by atoms with van der Waals surface area (Å²) in [6.07, 6.45) is 5.10. The molecule has 0 aliphatic carbocycles. The largest absolute Gasteiger partial charge is 0.462 e. The van der Waals surface area contributed by atoms with Crippen molar-refractivity contribution in [1.29, 1.82) is 0 Å². The average molecular weight is 377 g/mol. The predicted molar refractivity (Wildman–Crippen MR) is 86.5 cm³/mol. The number of pyridine rings is 1. The quantitative estimate of drug-likeness (QED) is 0.450.